The second kappa shape index (κ2) is 11.5. The van der Waals surface area contributed by atoms with Crippen LogP contribution in [0.5, 0.6) is 23.0 Å². The van der Waals surface area contributed by atoms with Gasteiger partial charge in [-0.2, -0.15) is 0 Å². The molecule has 0 aliphatic heterocycles. The van der Waals surface area contributed by atoms with E-state index in [4.69, 9.17) is 14.6 Å². The van der Waals surface area contributed by atoms with Gasteiger partial charge in [0.2, 0.25) is 0 Å². The van der Waals surface area contributed by atoms with E-state index < -0.39 is 29.2 Å². The number of carboxylic acids is 1. The third-order valence-corrected chi connectivity index (χ3v) is 4.35. The number of aldehydes is 1. The first kappa shape index (κ1) is 25.0. The van der Waals surface area contributed by atoms with Gasteiger partial charge in [-0.15, -0.1) is 0 Å². The van der Waals surface area contributed by atoms with Crippen LogP contribution in [-0.4, -0.2) is 17.4 Å². The van der Waals surface area contributed by atoms with Crippen LogP contribution in [0.25, 0.3) is 0 Å². The summed E-state index contributed by atoms with van der Waals surface area (Å²) in [6.45, 7) is 0. The van der Waals surface area contributed by atoms with E-state index in [-0.39, 0.29) is 28.4 Å². The van der Waals surface area contributed by atoms with Gasteiger partial charge in [-0.3, -0.25) is 4.79 Å². The predicted molar refractivity (Wildman–Crippen MR) is 118 cm³/mol. The van der Waals surface area contributed by atoms with E-state index in [1.54, 1.807) is 0 Å². The lowest BCUT2D eigenvalue weighted by Crippen LogP contribution is -1.98. The molecule has 178 valence electrons. The lowest BCUT2D eigenvalue weighted by Gasteiger charge is -2.07. The van der Waals surface area contributed by atoms with Gasteiger partial charge in [0.15, 0.2) is 23.1 Å². The summed E-state index contributed by atoms with van der Waals surface area (Å²) in [4.78, 5) is 21.0. The Morgan fingerprint density at radius 2 is 1.11 bits per heavy atom. The minimum atomic E-state index is -1.22. The summed E-state index contributed by atoms with van der Waals surface area (Å²) < 4.78 is 62.6. The fourth-order valence-electron chi connectivity index (χ4n) is 2.65. The molecular weight excluding hydrogens is 468 g/mol. The molecule has 0 saturated carbocycles. The summed E-state index contributed by atoms with van der Waals surface area (Å²) >= 11 is 0. The van der Waals surface area contributed by atoms with E-state index in [2.05, 4.69) is 0 Å². The van der Waals surface area contributed by atoms with E-state index >= 15 is 0 Å². The standard InChI is InChI=1S/C13H8F2O3.C13H8F2O2/c14-9-2-4-10(5-3-9)18-12-6-1-8(13(16)17)7-11(12)15;14-10-2-4-11(5-3-10)17-13-6-1-9(8-16)7-12(13)15/h1-7H,(H,16,17);1-8H. The van der Waals surface area contributed by atoms with Crippen LogP contribution in [0.3, 0.4) is 0 Å². The predicted octanol–water partition coefficient (Wildman–Crippen LogP) is 7.02. The molecule has 0 spiro atoms. The quantitative estimate of drug-likeness (QED) is 0.235. The molecule has 0 amide bonds. The minimum absolute atomic E-state index is 0.0118. The molecule has 0 saturated heterocycles. The lowest BCUT2D eigenvalue weighted by molar-refractivity contribution is 0.0696. The Morgan fingerprint density at radius 3 is 1.51 bits per heavy atom. The molecule has 0 bridgehead atoms. The SMILES string of the molecule is O=C(O)c1ccc(Oc2ccc(F)cc2)c(F)c1.O=Cc1ccc(Oc2ccc(F)cc2)c(F)c1. The summed E-state index contributed by atoms with van der Waals surface area (Å²) in [6, 6.07) is 17.4. The molecule has 0 fully saturated rings. The van der Waals surface area contributed by atoms with E-state index in [0.717, 1.165) is 12.1 Å². The topological polar surface area (TPSA) is 72.8 Å². The third kappa shape index (κ3) is 7.16. The second-order valence-electron chi connectivity index (χ2n) is 6.87. The largest absolute Gasteiger partial charge is 0.478 e. The lowest BCUT2D eigenvalue weighted by atomic mass is 10.2. The number of rotatable bonds is 6. The molecule has 0 unspecified atom stereocenters. The zero-order valence-electron chi connectivity index (χ0n) is 17.8. The van der Waals surface area contributed by atoms with Gasteiger partial charge in [0, 0.05) is 5.56 Å². The Labute approximate surface area is 196 Å². The molecule has 5 nitrogen and oxygen atoms in total. The summed E-state index contributed by atoms with van der Waals surface area (Å²) in [7, 11) is 0. The minimum Gasteiger partial charge on any atom is -0.478 e. The highest BCUT2D eigenvalue weighted by molar-refractivity contribution is 5.87. The van der Waals surface area contributed by atoms with Gasteiger partial charge in [0.25, 0.3) is 0 Å². The molecule has 0 aliphatic carbocycles. The first-order valence-corrected chi connectivity index (χ1v) is 9.89. The summed E-state index contributed by atoms with van der Waals surface area (Å²) in [5.74, 6) is -3.02. The van der Waals surface area contributed by atoms with Crippen LogP contribution in [0.15, 0.2) is 84.9 Å². The van der Waals surface area contributed by atoms with Crippen LogP contribution in [-0.2, 0) is 0 Å². The van der Waals surface area contributed by atoms with E-state index in [1.165, 1.54) is 72.8 Å². The highest BCUT2D eigenvalue weighted by atomic mass is 19.1. The number of carboxylic acid groups (broad SMARTS) is 1. The van der Waals surface area contributed by atoms with E-state index in [1.807, 2.05) is 0 Å². The van der Waals surface area contributed by atoms with Gasteiger partial charge in [0.1, 0.15) is 29.4 Å². The molecule has 0 radical (unpaired) electrons. The highest BCUT2D eigenvalue weighted by Gasteiger charge is 2.10. The number of hydrogen-bond donors (Lipinski definition) is 1. The average molecular weight is 484 g/mol. The fourth-order valence-corrected chi connectivity index (χ4v) is 2.65. The van der Waals surface area contributed by atoms with Crippen molar-refractivity contribution in [3.05, 3.63) is 119 Å². The number of aromatic carboxylic acids is 1. The van der Waals surface area contributed by atoms with Crippen molar-refractivity contribution < 1.29 is 41.7 Å². The summed E-state index contributed by atoms with van der Waals surface area (Å²) in [6.07, 6.45) is 0.546. The molecule has 4 aromatic rings. The van der Waals surface area contributed by atoms with Crippen LogP contribution in [0.4, 0.5) is 17.6 Å². The zero-order valence-corrected chi connectivity index (χ0v) is 17.8. The smallest absolute Gasteiger partial charge is 0.335 e. The Hall–Kier alpha value is -4.66. The molecule has 0 atom stereocenters. The Morgan fingerprint density at radius 1 is 0.657 bits per heavy atom. The number of hydrogen-bond acceptors (Lipinski definition) is 4. The van der Waals surface area contributed by atoms with E-state index in [0.29, 0.717) is 12.0 Å². The van der Waals surface area contributed by atoms with Crippen molar-refractivity contribution in [2.24, 2.45) is 0 Å². The maximum Gasteiger partial charge on any atom is 0.335 e. The molecule has 4 aromatic carbocycles. The molecular formula is C26H16F4O5. The zero-order chi connectivity index (χ0) is 25.4. The first-order valence-electron chi connectivity index (χ1n) is 9.89. The first-order chi connectivity index (χ1) is 16.7. The van der Waals surface area contributed by atoms with Crippen LogP contribution >= 0.6 is 0 Å². The highest BCUT2D eigenvalue weighted by Crippen LogP contribution is 2.26. The monoisotopic (exact) mass is 484 g/mol. The number of halogens is 4. The van der Waals surface area contributed by atoms with Crippen molar-refractivity contribution >= 4 is 12.3 Å². The van der Waals surface area contributed by atoms with Crippen molar-refractivity contribution in [1.29, 1.82) is 0 Å². The summed E-state index contributed by atoms with van der Waals surface area (Å²) in [5.41, 5.74) is 0.0629. The second-order valence-corrected chi connectivity index (χ2v) is 6.87. The van der Waals surface area contributed by atoms with Crippen molar-refractivity contribution in [1.82, 2.24) is 0 Å². The van der Waals surface area contributed by atoms with Crippen molar-refractivity contribution in [3.63, 3.8) is 0 Å². The van der Waals surface area contributed by atoms with Crippen molar-refractivity contribution in [3.8, 4) is 23.0 Å². The number of carbonyl (C=O) groups excluding carboxylic acids is 1. The van der Waals surface area contributed by atoms with Crippen molar-refractivity contribution in [2.45, 2.75) is 0 Å². The molecule has 0 heterocycles. The third-order valence-electron chi connectivity index (χ3n) is 4.35. The van der Waals surface area contributed by atoms with Crippen molar-refractivity contribution in [2.75, 3.05) is 0 Å². The summed E-state index contributed by atoms with van der Waals surface area (Å²) in [5, 5.41) is 8.67. The molecule has 4 rings (SSSR count). The Bertz CT molecular complexity index is 1320. The van der Waals surface area contributed by atoms with Crippen LogP contribution in [0.1, 0.15) is 20.7 Å². The number of benzene rings is 4. The molecule has 9 heteroatoms. The number of carbonyl (C=O) groups is 2. The van der Waals surface area contributed by atoms with Gasteiger partial charge in [-0.1, -0.05) is 0 Å². The van der Waals surface area contributed by atoms with Gasteiger partial charge in [-0.25, -0.2) is 22.4 Å². The Balaban J connectivity index is 0.000000196. The molecule has 0 aliphatic rings. The van der Waals surface area contributed by atoms with Gasteiger partial charge < -0.3 is 14.6 Å². The Kier molecular flexibility index (Phi) is 8.18. The van der Waals surface area contributed by atoms with E-state index in [9.17, 15) is 27.2 Å². The number of ether oxygens (including phenoxy) is 2. The molecule has 35 heavy (non-hydrogen) atoms. The molecule has 0 aromatic heterocycles. The normalized spacial score (nSPS) is 10.1. The average Bonchev–Trinajstić information content (AvgIpc) is 2.84. The van der Waals surface area contributed by atoms with Gasteiger partial charge in [0.05, 0.1) is 5.56 Å². The van der Waals surface area contributed by atoms with Gasteiger partial charge in [-0.05, 0) is 84.9 Å². The molecule has 1 N–H and O–H groups in total. The van der Waals surface area contributed by atoms with Crippen LogP contribution < -0.4 is 9.47 Å². The maximum absolute atomic E-state index is 13.5. The fraction of sp³-hybridized carbons (Fsp3) is 0. The van der Waals surface area contributed by atoms with Crippen LogP contribution in [0, 0.1) is 23.3 Å². The van der Waals surface area contributed by atoms with Crippen LogP contribution in [0.2, 0.25) is 0 Å². The van der Waals surface area contributed by atoms with Gasteiger partial charge >= 0.3 is 5.97 Å². The maximum atomic E-state index is 13.5.